The van der Waals surface area contributed by atoms with Crippen molar-refractivity contribution in [1.29, 1.82) is 0 Å². The first-order chi connectivity index (χ1) is 12.2. The molecule has 1 spiro atoms. The molecule has 2 aliphatic heterocycles. The Kier molecular flexibility index (Phi) is 6.28. The summed E-state index contributed by atoms with van der Waals surface area (Å²) in [6, 6.07) is -1.14. The molecule has 2 fully saturated rings. The predicted molar refractivity (Wildman–Crippen MR) is 95.7 cm³/mol. The molecule has 1 unspecified atom stereocenters. The van der Waals surface area contributed by atoms with Crippen LogP contribution >= 0.6 is 0 Å². The van der Waals surface area contributed by atoms with Crippen molar-refractivity contribution in [2.24, 2.45) is 5.92 Å². The van der Waals surface area contributed by atoms with Crippen molar-refractivity contribution in [3.63, 3.8) is 0 Å². The standard InChI is InChI=1S/C18H29N3O5/c1-5-14(22)21-10-11-26-18(12-21)6-8-20(9-7-18)17(25)19(4)15(13(2)3)16(23)24/h5,13,15H,1,6-12H2,2-4H3,(H,23,24). The maximum atomic E-state index is 12.7. The van der Waals surface area contributed by atoms with Crippen molar-refractivity contribution < 1.29 is 24.2 Å². The van der Waals surface area contributed by atoms with E-state index in [1.807, 2.05) is 0 Å². The molecule has 8 heteroatoms. The normalized spacial score (nSPS) is 20.8. The number of nitrogens with zero attached hydrogens (tertiary/aromatic N) is 3. The lowest BCUT2D eigenvalue weighted by Crippen LogP contribution is -2.60. The average Bonchev–Trinajstić information content (AvgIpc) is 2.60. The van der Waals surface area contributed by atoms with Crippen molar-refractivity contribution in [1.82, 2.24) is 14.7 Å². The quantitative estimate of drug-likeness (QED) is 0.750. The fourth-order valence-electron chi connectivity index (χ4n) is 3.81. The second-order valence-electron chi connectivity index (χ2n) is 7.40. The largest absolute Gasteiger partial charge is 0.480 e. The Balaban J connectivity index is 1.99. The Bertz CT molecular complexity index is 569. The minimum absolute atomic E-state index is 0.104. The van der Waals surface area contributed by atoms with Crippen molar-refractivity contribution in [3.8, 4) is 0 Å². The summed E-state index contributed by atoms with van der Waals surface area (Å²) in [6.45, 7) is 9.58. The van der Waals surface area contributed by atoms with Crippen LogP contribution in [0.5, 0.6) is 0 Å². The number of likely N-dealkylation sites (N-methyl/N-ethyl adjacent to an activating group) is 1. The predicted octanol–water partition coefficient (Wildman–Crippen LogP) is 1.03. The number of morpholine rings is 1. The molecular formula is C18H29N3O5. The van der Waals surface area contributed by atoms with Crippen molar-refractivity contribution in [3.05, 3.63) is 12.7 Å². The lowest BCUT2D eigenvalue weighted by Gasteiger charge is -2.47. The zero-order valence-electron chi connectivity index (χ0n) is 15.8. The van der Waals surface area contributed by atoms with Gasteiger partial charge in [0.2, 0.25) is 5.91 Å². The number of likely N-dealkylation sites (tertiary alicyclic amines) is 1. The Morgan fingerprint density at radius 3 is 2.31 bits per heavy atom. The number of amides is 3. The van der Waals surface area contributed by atoms with Gasteiger partial charge in [0.1, 0.15) is 6.04 Å². The van der Waals surface area contributed by atoms with Crippen molar-refractivity contribution in [2.75, 3.05) is 39.8 Å². The molecule has 2 aliphatic rings. The van der Waals surface area contributed by atoms with Gasteiger partial charge >= 0.3 is 12.0 Å². The minimum atomic E-state index is -1.00. The number of urea groups is 1. The Hall–Kier alpha value is -2.09. The third-order valence-corrected chi connectivity index (χ3v) is 5.28. The van der Waals surface area contributed by atoms with E-state index in [9.17, 15) is 19.5 Å². The first-order valence-corrected chi connectivity index (χ1v) is 9.00. The van der Waals surface area contributed by atoms with Crippen LogP contribution in [-0.2, 0) is 14.3 Å². The monoisotopic (exact) mass is 367 g/mol. The fraction of sp³-hybridized carbons (Fsp3) is 0.722. The fourth-order valence-corrected chi connectivity index (χ4v) is 3.81. The molecule has 0 aromatic carbocycles. The Labute approximate surface area is 154 Å². The van der Waals surface area contributed by atoms with Gasteiger partial charge in [0.25, 0.3) is 0 Å². The number of carboxylic acids is 1. The molecule has 2 saturated heterocycles. The molecule has 146 valence electrons. The number of carbonyl (C=O) groups is 3. The van der Waals surface area contributed by atoms with Crippen LogP contribution < -0.4 is 0 Å². The lowest BCUT2D eigenvalue weighted by atomic mass is 9.89. The third-order valence-electron chi connectivity index (χ3n) is 5.28. The first-order valence-electron chi connectivity index (χ1n) is 9.00. The molecule has 1 N–H and O–H groups in total. The van der Waals surface area contributed by atoms with Crippen LogP contribution in [0, 0.1) is 5.92 Å². The molecule has 0 saturated carbocycles. The summed E-state index contributed by atoms with van der Waals surface area (Å²) < 4.78 is 5.97. The summed E-state index contributed by atoms with van der Waals surface area (Å²) >= 11 is 0. The van der Waals surface area contributed by atoms with E-state index in [1.165, 1.54) is 18.0 Å². The van der Waals surface area contributed by atoms with Gasteiger partial charge in [0.05, 0.1) is 18.8 Å². The van der Waals surface area contributed by atoms with Gasteiger partial charge in [-0.25, -0.2) is 9.59 Å². The van der Waals surface area contributed by atoms with E-state index < -0.39 is 17.6 Å². The summed E-state index contributed by atoms with van der Waals surface area (Å²) in [5, 5.41) is 9.39. The molecule has 8 nitrogen and oxygen atoms in total. The number of ether oxygens (including phenoxy) is 1. The highest BCUT2D eigenvalue weighted by molar-refractivity contribution is 5.87. The summed E-state index contributed by atoms with van der Waals surface area (Å²) in [7, 11) is 1.53. The number of carbonyl (C=O) groups excluding carboxylic acids is 2. The summed E-state index contributed by atoms with van der Waals surface area (Å²) in [6.07, 6.45) is 2.55. The number of rotatable bonds is 4. The number of hydrogen-bond donors (Lipinski definition) is 1. The molecular weight excluding hydrogens is 338 g/mol. The van der Waals surface area contributed by atoms with E-state index in [-0.39, 0.29) is 17.9 Å². The zero-order chi connectivity index (χ0) is 19.5. The van der Waals surface area contributed by atoms with Crippen LogP contribution in [0.15, 0.2) is 12.7 Å². The van der Waals surface area contributed by atoms with Gasteiger partial charge in [-0.2, -0.15) is 0 Å². The summed E-state index contributed by atoms with van der Waals surface area (Å²) in [4.78, 5) is 40.8. The maximum Gasteiger partial charge on any atom is 0.326 e. The number of aliphatic carboxylic acids is 1. The van der Waals surface area contributed by atoms with Crippen LogP contribution in [-0.4, -0.2) is 89.2 Å². The Morgan fingerprint density at radius 1 is 1.19 bits per heavy atom. The lowest BCUT2D eigenvalue weighted by molar-refractivity contribution is -0.154. The maximum absolute atomic E-state index is 12.7. The van der Waals surface area contributed by atoms with Gasteiger partial charge in [-0.1, -0.05) is 20.4 Å². The van der Waals surface area contributed by atoms with Crippen LogP contribution in [0.3, 0.4) is 0 Å². The van der Waals surface area contributed by atoms with Gasteiger partial charge < -0.3 is 24.5 Å². The zero-order valence-corrected chi connectivity index (χ0v) is 15.8. The number of piperidine rings is 1. The van der Waals surface area contributed by atoms with Gasteiger partial charge in [-0.05, 0) is 24.8 Å². The van der Waals surface area contributed by atoms with Crippen LogP contribution in [0.4, 0.5) is 4.79 Å². The van der Waals surface area contributed by atoms with E-state index in [1.54, 1.807) is 23.6 Å². The van der Waals surface area contributed by atoms with Gasteiger partial charge in [-0.3, -0.25) is 4.79 Å². The smallest absolute Gasteiger partial charge is 0.326 e. The van der Waals surface area contributed by atoms with Crippen LogP contribution in [0.1, 0.15) is 26.7 Å². The molecule has 0 bridgehead atoms. The van der Waals surface area contributed by atoms with E-state index >= 15 is 0 Å². The third kappa shape index (κ3) is 4.17. The summed E-state index contributed by atoms with van der Waals surface area (Å²) in [5.74, 6) is -1.29. The molecule has 2 rings (SSSR count). The van der Waals surface area contributed by atoms with Crippen LogP contribution in [0.25, 0.3) is 0 Å². The van der Waals surface area contributed by atoms with E-state index in [0.717, 1.165) is 0 Å². The topological polar surface area (TPSA) is 90.4 Å². The van der Waals surface area contributed by atoms with Crippen molar-refractivity contribution in [2.45, 2.75) is 38.3 Å². The highest BCUT2D eigenvalue weighted by Crippen LogP contribution is 2.31. The second-order valence-corrected chi connectivity index (χ2v) is 7.40. The van der Waals surface area contributed by atoms with E-state index in [4.69, 9.17) is 4.74 Å². The second kappa shape index (κ2) is 8.07. The number of hydrogen-bond acceptors (Lipinski definition) is 4. The van der Waals surface area contributed by atoms with E-state index in [2.05, 4.69) is 6.58 Å². The number of carboxylic acid groups (broad SMARTS) is 1. The SMILES string of the molecule is C=CC(=O)N1CCOC2(CCN(C(=O)N(C)C(C(=O)O)C(C)C)CC2)C1. The highest BCUT2D eigenvalue weighted by Gasteiger charge is 2.42. The van der Waals surface area contributed by atoms with Gasteiger partial charge in [0, 0.05) is 26.7 Å². The minimum Gasteiger partial charge on any atom is -0.480 e. The Morgan fingerprint density at radius 2 is 1.81 bits per heavy atom. The van der Waals surface area contributed by atoms with Crippen molar-refractivity contribution >= 4 is 17.9 Å². The molecule has 2 heterocycles. The highest BCUT2D eigenvalue weighted by atomic mass is 16.5. The molecule has 3 amide bonds. The van der Waals surface area contributed by atoms with Gasteiger partial charge in [0.15, 0.2) is 0 Å². The molecule has 26 heavy (non-hydrogen) atoms. The molecule has 0 aliphatic carbocycles. The molecule has 0 aromatic heterocycles. The van der Waals surface area contributed by atoms with Crippen LogP contribution in [0.2, 0.25) is 0 Å². The molecule has 0 aromatic rings. The first kappa shape index (κ1) is 20.2. The molecule has 1 atom stereocenters. The summed E-state index contributed by atoms with van der Waals surface area (Å²) in [5.41, 5.74) is -0.434. The van der Waals surface area contributed by atoms with Gasteiger partial charge in [-0.15, -0.1) is 0 Å². The average molecular weight is 367 g/mol. The molecule has 0 radical (unpaired) electrons. The van der Waals surface area contributed by atoms with E-state index in [0.29, 0.717) is 45.6 Å².